The highest BCUT2D eigenvalue weighted by atomic mass is 32.1. The topological polar surface area (TPSA) is 80.0 Å². The summed E-state index contributed by atoms with van der Waals surface area (Å²) in [5.41, 5.74) is -3.03. The van der Waals surface area contributed by atoms with Gasteiger partial charge < -0.3 is 15.0 Å². The van der Waals surface area contributed by atoms with E-state index in [4.69, 9.17) is 0 Å². The maximum Gasteiger partial charge on any atom is 0.425 e. The Bertz CT molecular complexity index is 1070. The van der Waals surface area contributed by atoms with Gasteiger partial charge in [0, 0.05) is 36.9 Å². The van der Waals surface area contributed by atoms with Crippen LogP contribution < -0.4 is 5.32 Å². The zero-order valence-corrected chi connectivity index (χ0v) is 16.2. The second-order valence-corrected chi connectivity index (χ2v) is 7.62. The molecule has 2 aromatic heterocycles. The average Bonchev–Trinajstić information content (AvgIpc) is 3.26. The zero-order valence-electron chi connectivity index (χ0n) is 15.4. The molecule has 0 radical (unpaired) electrons. The average molecular weight is 446 g/mol. The molecule has 1 atom stereocenters. The van der Waals surface area contributed by atoms with Crippen molar-refractivity contribution in [1.82, 2.24) is 14.5 Å². The summed E-state index contributed by atoms with van der Waals surface area (Å²) < 4.78 is 67.8. The second-order valence-electron chi connectivity index (χ2n) is 6.50. The minimum atomic E-state index is -5.15. The monoisotopic (exact) mass is 446 g/mol. The normalized spacial score (nSPS) is 13.8. The number of aliphatic hydroxyl groups is 1. The SMILES string of the molecule is Cn1ccnc1C(O)(CC(=O)Nc1ncc(Cc2ccc(F)c(F)c2)s1)C(F)(F)F. The van der Waals surface area contributed by atoms with Crippen LogP contribution in [0.4, 0.5) is 27.1 Å². The number of aromatic nitrogens is 3. The number of hydrogen-bond acceptors (Lipinski definition) is 5. The van der Waals surface area contributed by atoms with Gasteiger partial charge in [0.15, 0.2) is 22.6 Å². The number of hydrogen-bond donors (Lipinski definition) is 2. The fourth-order valence-electron chi connectivity index (χ4n) is 2.76. The third kappa shape index (κ3) is 4.49. The number of carbonyl (C=O) groups excluding carboxylic acids is 1. The predicted molar refractivity (Wildman–Crippen MR) is 97.7 cm³/mol. The predicted octanol–water partition coefficient (Wildman–Crippen LogP) is 3.52. The van der Waals surface area contributed by atoms with E-state index in [1.807, 2.05) is 0 Å². The van der Waals surface area contributed by atoms with Gasteiger partial charge in [-0.3, -0.25) is 4.79 Å². The van der Waals surface area contributed by atoms with Crippen molar-refractivity contribution in [3.05, 3.63) is 64.7 Å². The summed E-state index contributed by atoms with van der Waals surface area (Å²) in [7, 11) is 1.27. The Morgan fingerprint density at radius 1 is 1.23 bits per heavy atom. The number of amides is 1. The van der Waals surface area contributed by atoms with Crippen LogP contribution in [-0.2, 0) is 23.9 Å². The number of halogens is 5. The standard InChI is InChI=1S/C18H15F5N4O2S/c1-27-5-4-24-15(27)17(29,18(21,22)23)8-14(28)26-16-25-9-11(30-16)6-10-2-3-12(19)13(20)7-10/h2-5,7,9,29H,6,8H2,1H3,(H,25,26,28). The number of carbonyl (C=O) groups is 1. The van der Waals surface area contributed by atoms with Crippen molar-refractivity contribution in [2.75, 3.05) is 5.32 Å². The second kappa shape index (κ2) is 8.11. The van der Waals surface area contributed by atoms with Crippen molar-refractivity contribution in [3.63, 3.8) is 0 Å². The first-order chi connectivity index (χ1) is 14.0. The molecule has 30 heavy (non-hydrogen) atoms. The van der Waals surface area contributed by atoms with Crippen LogP contribution in [-0.4, -0.2) is 31.7 Å². The maximum atomic E-state index is 13.5. The summed E-state index contributed by atoms with van der Waals surface area (Å²) in [6.07, 6.45) is -2.63. The fourth-order valence-corrected chi connectivity index (χ4v) is 3.63. The Morgan fingerprint density at radius 3 is 2.57 bits per heavy atom. The zero-order chi connectivity index (χ0) is 22.1. The molecule has 12 heteroatoms. The molecule has 6 nitrogen and oxygen atoms in total. The lowest BCUT2D eigenvalue weighted by atomic mass is 9.97. The molecule has 3 rings (SSSR count). The van der Waals surface area contributed by atoms with Crippen LogP contribution in [0.2, 0.25) is 0 Å². The smallest absolute Gasteiger partial charge is 0.374 e. The van der Waals surface area contributed by atoms with Crippen LogP contribution in [0.3, 0.4) is 0 Å². The largest absolute Gasteiger partial charge is 0.425 e. The molecule has 0 bridgehead atoms. The van der Waals surface area contributed by atoms with Gasteiger partial charge in [0.25, 0.3) is 0 Å². The van der Waals surface area contributed by atoms with E-state index in [0.717, 1.165) is 34.2 Å². The van der Waals surface area contributed by atoms with Gasteiger partial charge in [-0.1, -0.05) is 6.07 Å². The van der Waals surface area contributed by atoms with E-state index < -0.39 is 41.6 Å². The van der Waals surface area contributed by atoms with Crippen molar-refractivity contribution in [2.24, 2.45) is 7.05 Å². The minimum absolute atomic E-state index is 0.00180. The number of nitrogens with zero attached hydrogens (tertiary/aromatic N) is 3. The summed E-state index contributed by atoms with van der Waals surface area (Å²) in [6, 6.07) is 3.38. The van der Waals surface area contributed by atoms with Gasteiger partial charge >= 0.3 is 6.18 Å². The van der Waals surface area contributed by atoms with E-state index in [1.54, 1.807) is 0 Å². The highest BCUT2D eigenvalue weighted by Crippen LogP contribution is 2.41. The third-order valence-corrected chi connectivity index (χ3v) is 5.15. The van der Waals surface area contributed by atoms with Gasteiger partial charge in [0.05, 0.1) is 6.42 Å². The van der Waals surface area contributed by atoms with Gasteiger partial charge in [-0.25, -0.2) is 18.7 Å². The molecule has 0 aliphatic carbocycles. The number of benzene rings is 1. The van der Waals surface area contributed by atoms with Crippen molar-refractivity contribution in [1.29, 1.82) is 0 Å². The molecule has 0 saturated heterocycles. The molecular weight excluding hydrogens is 431 g/mol. The van der Waals surface area contributed by atoms with Crippen molar-refractivity contribution in [3.8, 4) is 0 Å². The highest BCUT2D eigenvalue weighted by Gasteiger charge is 2.58. The number of imidazole rings is 1. The maximum absolute atomic E-state index is 13.5. The molecule has 0 fully saturated rings. The Labute approximate surface area is 171 Å². The van der Waals surface area contributed by atoms with Gasteiger partial charge in [-0.2, -0.15) is 13.2 Å². The van der Waals surface area contributed by atoms with Crippen LogP contribution in [0.25, 0.3) is 0 Å². The van der Waals surface area contributed by atoms with Crippen LogP contribution >= 0.6 is 11.3 Å². The summed E-state index contributed by atoms with van der Waals surface area (Å²) >= 11 is 0.957. The minimum Gasteiger partial charge on any atom is -0.374 e. The molecule has 1 amide bonds. The lowest BCUT2D eigenvalue weighted by molar-refractivity contribution is -0.270. The van der Waals surface area contributed by atoms with E-state index in [2.05, 4.69) is 15.3 Å². The fraction of sp³-hybridized carbons (Fsp3) is 0.278. The summed E-state index contributed by atoms with van der Waals surface area (Å²) in [5.74, 6) is -3.83. The molecule has 160 valence electrons. The highest BCUT2D eigenvalue weighted by molar-refractivity contribution is 7.15. The molecule has 3 aromatic rings. The number of alkyl halides is 3. The van der Waals surface area contributed by atoms with Crippen LogP contribution in [0.1, 0.15) is 22.7 Å². The van der Waals surface area contributed by atoms with E-state index in [1.165, 1.54) is 25.5 Å². The molecular formula is C18H15F5N4O2S. The number of aryl methyl sites for hydroxylation is 1. The Morgan fingerprint density at radius 2 is 1.97 bits per heavy atom. The summed E-state index contributed by atoms with van der Waals surface area (Å²) in [5, 5.41) is 12.5. The molecule has 0 aliphatic rings. The van der Waals surface area contributed by atoms with Crippen molar-refractivity contribution < 1.29 is 31.9 Å². The Kier molecular flexibility index (Phi) is 5.90. The molecule has 1 unspecified atom stereocenters. The first-order valence-electron chi connectivity index (χ1n) is 8.45. The quantitative estimate of drug-likeness (QED) is 0.568. The Balaban J connectivity index is 1.71. The van der Waals surface area contributed by atoms with Crippen LogP contribution in [0.5, 0.6) is 0 Å². The van der Waals surface area contributed by atoms with E-state index in [-0.39, 0.29) is 11.6 Å². The molecule has 2 N–H and O–H groups in total. The van der Waals surface area contributed by atoms with Gasteiger partial charge in [0.1, 0.15) is 0 Å². The first-order valence-corrected chi connectivity index (χ1v) is 9.26. The number of rotatable bonds is 6. The van der Waals surface area contributed by atoms with E-state index >= 15 is 0 Å². The van der Waals surface area contributed by atoms with Crippen molar-refractivity contribution >= 4 is 22.4 Å². The summed E-state index contributed by atoms with van der Waals surface area (Å²) in [6.45, 7) is 0. The van der Waals surface area contributed by atoms with Crippen molar-refractivity contribution in [2.45, 2.75) is 24.6 Å². The van der Waals surface area contributed by atoms with Gasteiger partial charge in [0.2, 0.25) is 11.5 Å². The number of anilines is 1. The number of nitrogens with one attached hydrogen (secondary N) is 1. The van der Waals surface area contributed by atoms with Gasteiger partial charge in [-0.15, -0.1) is 11.3 Å². The molecule has 0 aliphatic heterocycles. The Hall–Kier alpha value is -2.86. The lowest BCUT2D eigenvalue weighted by Crippen LogP contribution is -2.46. The molecule has 0 spiro atoms. The van der Waals surface area contributed by atoms with E-state index in [9.17, 15) is 31.9 Å². The first kappa shape index (κ1) is 21.8. The molecule has 1 aromatic carbocycles. The third-order valence-electron chi connectivity index (χ3n) is 4.24. The number of thiazole rings is 1. The van der Waals surface area contributed by atoms with Crippen LogP contribution in [0.15, 0.2) is 36.8 Å². The van der Waals surface area contributed by atoms with Crippen LogP contribution in [0, 0.1) is 11.6 Å². The summed E-state index contributed by atoms with van der Waals surface area (Å²) in [4.78, 5) is 20.2. The lowest BCUT2D eigenvalue weighted by Gasteiger charge is -2.29. The van der Waals surface area contributed by atoms with Gasteiger partial charge in [-0.05, 0) is 17.7 Å². The van der Waals surface area contributed by atoms with E-state index in [0.29, 0.717) is 10.4 Å². The molecule has 2 heterocycles. The molecule has 0 saturated carbocycles.